The third kappa shape index (κ3) is 2.84. The maximum Gasteiger partial charge on any atom is 0.414 e. The molecule has 2 heterocycles. The molecule has 1 amide bonds. The third-order valence-corrected chi connectivity index (χ3v) is 4.72. The molecular formula is C22H16N6O2. The number of imidazole rings is 1. The summed E-state index contributed by atoms with van der Waals surface area (Å²) in [5, 5.41) is 19.8. The van der Waals surface area contributed by atoms with Crippen LogP contribution in [-0.2, 0) is 0 Å². The lowest BCUT2D eigenvalue weighted by molar-refractivity contribution is 0.172. The number of fused-ring (bicyclic) bond motifs is 3. The highest BCUT2D eigenvalue weighted by atomic mass is 16.6. The number of ether oxygens (including phenoxy) is 1. The zero-order chi connectivity index (χ0) is 21.4. The van der Waals surface area contributed by atoms with Gasteiger partial charge in [-0.2, -0.15) is 10.5 Å². The van der Waals surface area contributed by atoms with Gasteiger partial charge in [-0.1, -0.05) is 24.3 Å². The van der Waals surface area contributed by atoms with Gasteiger partial charge in [-0.15, -0.1) is 0 Å². The Balaban J connectivity index is 1.95. The first-order valence-corrected chi connectivity index (χ1v) is 8.98. The van der Waals surface area contributed by atoms with Crippen LogP contribution in [0.4, 0.5) is 10.6 Å². The first-order chi connectivity index (χ1) is 14.5. The number of carbonyl (C=O) groups excluding carboxylic acids is 1. The zero-order valence-corrected chi connectivity index (χ0v) is 16.2. The Morgan fingerprint density at radius 1 is 1.07 bits per heavy atom. The molecule has 146 valence electrons. The summed E-state index contributed by atoms with van der Waals surface area (Å²) in [4.78, 5) is 17.6. The van der Waals surface area contributed by atoms with Crippen molar-refractivity contribution in [2.45, 2.75) is 0 Å². The fraction of sp³-hybridized carbons (Fsp3) is 0.0909. The van der Waals surface area contributed by atoms with Gasteiger partial charge in [0.15, 0.2) is 5.65 Å². The smallest absolute Gasteiger partial charge is 0.410 e. The molecule has 0 fully saturated rings. The van der Waals surface area contributed by atoms with E-state index >= 15 is 0 Å². The van der Waals surface area contributed by atoms with Crippen LogP contribution in [0.2, 0.25) is 0 Å². The van der Waals surface area contributed by atoms with Crippen LogP contribution in [-0.4, -0.2) is 34.5 Å². The quantitative estimate of drug-likeness (QED) is 0.553. The molecule has 4 rings (SSSR count). The average Bonchev–Trinajstić information content (AvgIpc) is 3.14. The molecule has 30 heavy (non-hydrogen) atoms. The molecule has 0 aliphatic heterocycles. The van der Waals surface area contributed by atoms with Crippen molar-refractivity contribution < 1.29 is 9.53 Å². The maximum atomic E-state index is 11.7. The molecule has 0 aliphatic rings. The van der Waals surface area contributed by atoms with E-state index in [0.29, 0.717) is 28.0 Å². The SMILES string of the molecule is CN(C)C(=O)Oc1ccc(-c2c(C#N)c(N)n3c(nc4ccccc43)c2C#N)cc1. The van der Waals surface area contributed by atoms with E-state index in [1.165, 1.54) is 4.90 Å². The minimum absolute atomic E-state index is 0.181. The van der Waals surface area contributed by atoms with Crippen LogP contribution in [0.15, 0.2) is 48.5 Å². The lowest BCUT2D eigenvalue weighted by atomic mass is 9.96. The number of nitrogens with two attached hydrogens (primary N) is 1. The van der Waals surface area contributed by atoms with E-state index in [0.717, 1.165) is 5.52 Å². The number of nitrogen functional groups attached to an aromatic ring is 1. The Bertz CT molecular complexity index is 1390. The number of aromatic nitrogens is 2. The van der Waals surface area contributed by atoms with E-state index < -0.39 is 6.09 Å². The minimum atomic E-state index is -0.507. The number of pyridine rings is 1. The largest absolute Gasteiger partial charge is 0.414 e. The number of amides is 1. The summed E-state index contributed by atoms with van der Waals surface area (Å²) < 4.78 is 6.86. The average molecular weight is 396 g/mol. The molecule has 8 heteroatoms. The van der Waals surface area contributed by atoms with Crippen molar-refractivity contribution >= 4 is 28.6 Å². The summed E-state index contributed by atoms with van der Waals surface area (Å²) in [5.74, 6) is 0.549. The van der Waals surface area contributed by atoms with Crippen molar-refractivity contribution in [1.82, 2.24) is 14.3 Å². The van der Waals surface area contributed by atoms with Gasteiger partial charge in [0.2, 0.25) is 0 Å². The fourth-order valence-corrected chi connectivity index (χ4v) is 3.30. The molecule has 2 aromatic carbocycles. The maximum absolute atomic E-state index is 11.7. The molecule has 0 saturated heterocycles. The highest BCUT2D eigenvalue weighted by Gasteiger charge is 2.22. The number of hydrogen-bond donors (Lipinski definition) is 1. The fourth-order valence-electron chi connectivity index (χ4n) is 3.30. The molecule has 2 N–H and O–H groups in total. The van der Waals surface area contributed by atoms with E-state index in [2.05, 4.69) is 17.1 Å². The van der Waals surface area contributed by atoms with Crippen molar-refractivity contribution in [2.24, 2.45) is 0 Å². The summed E-state index contributed by atoms with van der Waals surface area (Å²) in [6.45, 7) is 0. The monoisotopic (exact) mass is 396 g/mol. The van der Waals surface area contributed by atoms with Crippen molar-refractivity contribution in [3.8, 4) is 29.0 Å². The normalized spacial score (nSPS) is 10.5. The summed E-state index contributed by atoms with van der Waals surface area (Å²) in [6, 6.07) is 18.2. The van der Waals surface area contributed by atoms with E-state index in [1.807, 2.05) is 24.3 Å². The Kier molecular flexibility index (Phi) is 4.46. The van der Waals surface area contributed by atoms with Crippen LogP contribution in [0.25, 0.3) is 27.8 Å². The highest BCUT2D eigenvalue weighted by molar-refractivity contribution is 5.92. The molecule has 0 aliphatic carbocycles. The predicted octanol–water partition coefficient (Wildman–Crippen LogP) is 3.54. The molecule has 2 aromatic heterocycles. The number of benzene rings is 2. The zero-order valence-electron chi connectivity index (χ0n) is 16.2. The summed E-state index contributed by atoms with van der Waals surface area (Å²) in [5.41, 5.74) is 9.53. The van der Waals surface area contributed by atoms with E-state index in [1.54, 1.807) is 42.8 Å². The number of rotatable bonds is 2. The minimum Gasteiger partial charge on any atom is -0.410 e. The Morgan fingerprint density at radius 3 is 2.37 bits per heavy atom. The molecule has 0 unspecified atom stereocenters. The van der Waals surface area contributed by atoms with E-state index in [9.17, 15) is 15.3 Å². The van der Waals surface area contributed by atoms with E-state index in [-0.39, 0.29) is 16.9 Å². The topological polar surface area (TPSA) is 120 Å². The molecule has 0 bridgehead atoms. The van der Waals surface area contributed by atoms with Crippen molar-refractivity contribution in [2.75, 3.05) is 19.8 Å². The second kappa shape index (κ2) is 7.12. The third-order valence-electron chi connectivity index (χ3n) is 4.72. The second-order valence-electron chi connectivity index (χ2n) is 6.78. The van der Waals surface area contributed by atoms with Crippen LogP contribution >= 0.6 is 0 Å². The van der Waals surface area contributed by atoms with Gasteiger partial charge in [-0.3, -0.25) is 4.40 Å². The summed E-state index contributed by atoms with van der Waals surface area (Å²) >= 11 is 0. The summed E-state index contributed by atoms with van der Waals surface area (Å²) in [7, 11) is 3.17. The predicted molar refractivity (Wildman–Crippen MR) is 112 cm³/mol. The van der Waals surface area contributed by atoms with Crippen LogP contribution < -0.4 is 10.5 Å². The molecule has 8 nitrogen and oxygen atoms in total. The molecule has 0 atom stereocenters. The van der Waals surface area contributed by atoms with Gasteiger partial charge in [-0.05, 0) is 29.8 Å². The highest BCUT2D eigenvalue weighted by Crippen LogP contribution is 2.36. The lowest BCUT2D eigenvalue weighted by Gasteiger charge is -2.14. The second-order valence-corrected chi connectivity index (χ2v) is 6.78. The van der Waals surface area contributed by atoms with Gasteiger partial charge >= 0.3 is 6.09 Å². The first kappa shape index (κ1) is 18.8. The van der Waals surface area contributed by atoms with Gasteiger partial charge in [-0.25, -0.2) is 9.78 Å². The van der Waals surface area contributed by atoms with Gasteiger partial charge in [0.1, 0.15) is 34.8 Å². The molecule has 0 saturated carbocycles. The van der Waals surface area contributed by atoms with E-state index in [4.69, 9.17) is 10.5 Å². The van der Waals surface area contributed by atoms with Crippen LogP contribution in [0, 0.1) is 22.7 Å². The van der Waals surface area contributed by atoms with Crippen LogP contribution in [0.3, 0.4) is 0 Å². The Hall–Kier alpha value is -4.56. The van der Waals surface area contributed by atoms with Gasteiger partial charge in [0, 0.05) is 19.7 Å². The lowest BCUT2D eigenvalue weighted by Crippen LogP contribution is -2.25. The number of carbonyl (C=O) groups is 1. The van der Waals surface area contributed by atoms with Crippen LogP contribution in [0.5, 0.6) is 5.75 Å². The van der Waals surface area contributed by atoms with Gasteiger partial charge < -0.3 is 15.4 Å². The standard InChI is InChI=1S/C22H16N6O2/c1-27(2)22(29)30-14-9-7-13(8-10-14)19-15(11-23)20(25)28-18-6-4-3-5-17(18)26-21(28)16(19)12-24/h3-10H,25H2,1-2H3. The Labute approximate surface area is 171 Å². The van der Waals surface area contributed by atoms with Crippen LogP contribution in [0.1, 0.15) is 11.1 Å². The van der Waals surface area contributed by atoms with Gasteiger partial charge in [0.05, 0.1) is 11.0 Å². The van der Waals surface area contributed by atoms with Crippen molar-refractivity contribution in [3.05, 3.63) is 59.7 Å². The van der Waals surface area contributed by atoms with Crippen molar-refractivity contribution in [3.63, 3.8) is 0 Å². The first-order valence-electron chi connectivity index (χ1n) is 8.98. The molecule has 0 radical (unpaired) electrons. The summed E-state index contributed by atoms with van der Waals surface area (Å²) in [6.07, 6.45) is -0.507. The number of nitrogens with zero attached hydrogens (tertiary/aromatic N) is 5. The Morgan fingerprint density at radius 2 is 1.73 bits per heavy atom. The number of para-hydroxylation sites is 2. The molecule has 4 aromatic rings. The number of nitriles is 2. The van der Waals surface area contributed by atoms with Crippen molar-refractivity contribution in [1.29, 1.82) is 10.5 Å². The number of hydrogen-bond acceptors (Lipinski definition) is 6. The molecule has 0 spiro atoms. The number of anilines is 1. The van der Waals surface area contributed by atoms with Gasteiger partial charge in [0.25, 0.3) is 0 Å². The molecular weight excluding hydrogens is 380 g/mol.